The van der Waals surface area contributed by atoms with E-state index in [2.05, 4.69) is 25.2 Å². The molecule has 1 atom stereocenters. The molecule has 0 aliphatic heterocycles. The Morgan fingerprint density at radius 3 is 2.27 bits per heavy atom. The molecule has 2 aromatic carbocycles. The van der Waals surface area contributed by atoms with Crippen LogP contribution in [0.25, 0.3) is 0 Å². The Balaban J connectivity index is 2.15. The van der Waals surface area contributed by atoms with Gasteiger partial charge in [-0.1, -0.05) is 44.2 Å². The van der Waals surface area contributed by atoms with E-state index in [4.69, 9.17) is 5.26 Å². The molecule has 0 aliphatic carbocycles. The highest BCUT2D eigenvalue weighted by Crippen LogP contribution is 2.21. The lowest BCUT2D eigenvalue weighted by molar-refractivity contribution is 0.0932. The number of benzene rings is 2. The predicted molar refractivity (Wildman–Crippen MR) is 87.3 cm³/mol. The zero-order valence-corrected chi connectivity index (χ0v) is 12.9. The second-order valence-corrected chi connectivity index (χ2v) is 5.76. The van der Waals surface area contributed by atoms with Crippen molar-refractivity contribution in [3.8, 4) is 6.07 Å². The van der Waals surface area contributed by atoms with Crippen LogP contribution in [0.15, 0.2) is 54.6 Å². The van der Waals surface area contributed by atoms with Crippen molar-refractivity contribution in [1.29, 1.82) is 5.26 Å². The summed E-state index contributed by atoms with van der Waals surface area (Å²) in [6.45, 7) is 4.29. The summed E-state index contributed by atoms with van der Waals surface area (Å²) in [6.07, 6.45) is 0.881. The molecule has 112 valence electrons. The van der Waals surface area contributed by atoms with Crippen molar-refractivity contribution in [2.45, 2.75) is 26.3 Å². The number of hydrogen-bond acceptors (Lipinski definition) is 2. The average molecular weight is 292 g/mol. The highest BCUT2D eigenvalue weighted by atomic mass is 16.1. The summed E-state index contributed by atoms with van der Waals surface area (Å²) in [5.74, 6) is 0.366. The fourth-order valence-corrected chi connectivity index (χ4v) is 2.37. The van der Waals surface area contributed by atoms with Gasteiger partial charge in [0.1, 0.15) is 0 Å². The Bertz CT molecular complexity index is 654. The van der Waals surface area contributed by atoms with Crippen molar-refractivity contribution >= 4 is 5.91 Å². The summed E-state index contributed by atoms with van der Waals surface area (Å²) in [6, 6.07) is 18.7. The van der Waals surface area contributed by atoms with Crippen molar-refractivity contribution in [3.05, 3.63) is 71.3 Å². The van der Waals surface area contributed by atoms with Gasteiger partial charge < -0.3 is 5.32 Å². The van der Waals surface area contributed by atoms with E-state index in [1.165, 1.54) is 0 Å². The van der Waals surface area contributed by atoms with Crippen LogP contribution >= 0.6 is 0 Å². The van der Waals surface area contributed by atoms with Crippen LogP contribution in [0.4, 0.5) is 0 Å². The van der Waals surface area contributed by atoms with Crippen LogP contribution in [-0.2, 0) is 0 Å². The van der Waals surface area contributed by atoms with Gasteiger partial charge in [0.25, 0.3) is 5.91 Å². The van der Waals surface area contributed by atoms with Gasteiger partial charge in [0.05, 0.1) is 17.7 Å². The maximum Gasteiger partial charge on any atom is 0.251 e. The van der Waals surface area contributed by atoms with Gasteiger partial charge >= 0.3 is 0 Å². The molecule has 0 spiro atoms. The molecule has 3 nitrogen and oxygen atoms in total. The van der Waals surface area contributed by atoms with Crippen LogP contribution in [0.5, 0.6) is 0 Å². The quantitative estimate of drug-likeness (QED) is 0.903. The van der Waals surface area contributed by atoms with Crippen molar-refractivity contribution < 1.29 is 4.79 Å². The van der Waals surface area contributed by atoms with Crippen molar-refractivity contribution in [2.24, 2.45) is 5.92 Å². The van der Waals surface area contributed by atoms with Crippen LogP contribution in [0, 0.1) is 17.2 Å². The smallest absolute Gasteiger partial charge is 0.251 e. The van der Waals surface area contributed by atoms with Crippen LogP contribution in [0.1, 0.15) is 47.8 Å². The summed E-state index contributed by atoms with van der Waals surface area (Å²) in [4.78, 5) is 12.4. The third-order valence-electron chi connectivity index (χ3n) is 3.49. The summed E-state index contributed by atoms with van der Waals surface area (Å²) in [5, 5.41) is 11.9. The molecule has 0 saturated carbocycles. The maximum absolute atomic E-state index is 12.4. The lowest BCUT2D eigenvalue weighted by Crippen LogP contribution is -2.29. The summed E-state index contributed by atoms with van der Waals surface area (Å²) in [7, 11) is 0. The Kier molecular flexibility index (Phi) is 5.32. The van der Waals surface area contributed by atoms with E-state index in [-0.39, 0.29) is 11.9 Å². The SMILES string of the molecule is CC(C)C[C@H](NC(=O)c1ccc(C#N)cc1)c1ccccc1. The second-order valence-electron chi connectivity index (χ2n) is 5.76. The second kappa shape index (κ2) is 7.42. The molecule has 22 heavy (non-hydrogen) atoms. The van der Waals surface area contributed by atoms with E-state index in [0.29, 0.717) is 17.0 Å². The largest absolute Gasteiger partial charge is 0.345 e. The molecule has 0 aliphatic rings. The molecule has 2 aromatic rings. The molecule has 0 unspecified atom stereocenters. The molecule has 3 heteroatoms. The number of hydrogen-bond donors (Lipinski definition) is 1. The average Bonchev–Trinajstić information content (AvgIpc) is 2.54. The zero-order chi connectivity index (χ0) is 15.9. The van der Waals surface area contributed by atoms with Gasteiger partial charge in [-0.25, -0.2) is 0 Å². The van der Waals surface area contributed by atoms with Crippen LogP contribution in [0.3, 0.4) is 0 Å². The number of rotatable bonds is 5. The molecule has 0 radical (unpaired) electrons. The normalized spacial score (nSPS) is 11.7. The minimum atomic E-state index is -0.112. The fraction of sp³-hybridized carbons (Fsp3) is 0.263. The van der Waals surface area contributed by atoms with E-state index in [9.17, 15) is 4.79 Å². The third kappa shape index (κ3) is 4.20. The van der Waals surface area contributed by atoms with E-state index < -0.39 is 0 Å². The molecule has 0 fully saturated rings. The van der Waals surface area contributed by atoms with Crippen molar-refractivity contribution in [2.75, 3.05) is 0 Å². The molecule has 0 bridgehead atoms. The number of carbonyl (C=O) groups excluding carboxylic acids is 1. The number of nitrogens with zero attached hydrogens (tertiary/aromatic N) is 1. The van der Waals surface area contributed by atoms with Crippen molar-refractivity contribution in [3.63, 3.8) is 0 Å². The first-order valence-corrected chi connectivity index (χ1v) is 7.46. The molecule has 0 aromatic heterocycles. The van der Waals surface area contributed by atoms with Crippen LogP contribution < -0.4 is 5.32 Å². The predicted octanol–water partition coefficient (Wildman–Crippen LogP) is 4.08. The maximum atomic E-state index is 12.4. The van der Waals surface area contributed by atoms with Crippen LogP contribution in [-0.4, -0.2) is 5.91 Å². The topological polar surface area (TPSA) is 52.9 Å². The Morgan fingerprint density at radius 2 is 1.73 bits per heavy atom. The fourth-order valence-electron chi connectivity index (χ4n) is 2.37. The van der Waals surface area contributed by atoms with Gasteiger partial charge in [0.2, 0.25) is 0 Å². The summed E-state index contributed by atoms with van der Waals surface area (Å²) in [5.41, 5.74) is 2.24. The minimum Gasteiger partial charge on any atom is -0.345 e. The molecular weight excluding hydrogens is 272 g/mol. The first kappa shape index (κ1) is 15.8. The van der Waals surface area contributed by atoms with Gasteiger partial charge in [0.15, 0.2) is 0 Å². The van der Waals surface area contributed by atoms with Crippen molar-refractivity contribution in [1.82, 2.24) is 5.32 Å². The van der Waals surface area contributed by atoms with Crippen LogP contribution in [0.2, 0.25) is 0 Å². The molecule has 1 amide bonds. The zero-order valence-electron chi connectivity index (χ0n) is 12.9. The number of amides is 1. The molecule has 2 rings (SSSR count). The van der Waals surface area contributed by atoms with E-state index >= 15 is 0 Å². The Labute approximate surface area is 131 Å². The number of nitriles is 1. The number of nitrogens with one attached hydrogen (secondary N) is 1. The van der Waals surface area contributed by atoms with Gasteiger partial charge in [-0.15, -0.1) is 0 Å². The first-order chi connectivity index (χ1) is 10.6. The van der Waals surface area contributed by atoms with E-state index in [1.54, 1.807) is 24.3 Å². The van der Waals surface area contributed by atoms with Gasteiger partial charge in [-0.05, 0) is 42.2 Å². The molecular formula is C19H20N2O. The lowest BCUT2D eigenvalue weighted by atomic mass is 9.96. The summed E-state index contributed by atoms with van der Waals surface area (Å²) < 4.78 is 0. The Hall–Kier alpha value is -2.60. The minimum absolute atomic E-state index is 0.00987. The standard InChI is InChI=1S/C19H20N2O/c1-14(2)12-18(16-6-4-3-5-7-16)21-19(22)17-10-8-15(13-20)9-11-17/h3-11,14,18H,12H2,1-2H3,(H,21,22)/t18-/m0/s1. The van der Waals surface area contributed by atoms with Gasteiger partial charge in [-0.3, -0.25) is 4.79 Å². The van der Waals surface area contributed by atoms with E-state index in [0.717, 1.165) is 12.0 Å². The summed E-state index contributed by atoms with van der Waals surface area (Å²) >= 11 is 0. The number of carbonyl (C=O) groups is 1. The Morgan fingerprint density at radius 1 is 1.09 bits per heavy atom. The first-order valence-electron chi connectivity index (χ1n) is 7.46. The highest BCUT2D eigenvalue weighted by molar-refractivity contribution is 5.94. The lowest BCUT2D eigenvalue weighted by Gasteiger charge is -2.21. The van der Waals surface area contributed by atoms with Gasteiger partial charge in [-0.2, -0.15) is 5.26 Å². The molecule has 0 heterocycles. The van der Waals surface area contributed by atoms with Gasteiger partial charge in [0, 0.05) is 5.56 Å². The monoisotopic (exact) mass is 292 g/mol. The molecule has 1 N–H and O–H groups in total. The third-order valence-corrected chi connectivity index (χ3v) is 3.49. The van der Waals surface area contributed by atoms with E-state index in [1.807, 2.05) is 30.3 Å². The molecule has 0 saturated heterocycles. The highest BCUT2D eigenvalue weighted by Gasteiger charge is 2.16.